The van der Waals surface area contributed by atoms with Crippen LogP contribution < -0.4 is 4.90 Å². The summed E-state index contributed by atoms with van der Waals surface area (Å²) in [5.74, 6) is -0.645. The van der Waals surface area contributed by atoms with E-state index in [4.69, 9.17) is 11.6 Å². The second-order valence-corrected chi connectivity index (χ2v) is 6.62. The molecule has 0 aromatic carbocycles. The molecule has 4 heterocycles. The van der Waals surface area contributed by atoms with Gasteiger partial charge in [-0.15, -0.1) is 15.3 Å². The molecule has 1 aliphatic rings. The van der Waals surface area contributed by atoms with Gasteiger partial charge in [0.2, 0.25) is 0 Å². The van der Waals surface area contributed by atoms with Crippen LogP contribution in [0.2, 0.25) is 5.15 Å². The van der Waals surface area contributed by atoms with E-state index in [1.54, 1.807) is 18.3 Å². The standard InChI is InChI=1S/C16H15ClF3N7/c17-12-2-1-11(9-21-12)10-25-5-7-26(8-6-25)14-4-3-13-22-23-15(16(18,19)20)27(13)24-14/h1-4,9H,5-8,10H2. The summed E-state index contributed by atoms with van der Waals surface area (Å²) < 4.78 is 39.8. The van der Waals surface area contributed by atoms with Crippen LogP contribution in [0.1, 0.15) is 11.4 Å². The largest absolute Gasteiger partial charge is 0.453 e. The maximum Gasteiger partial charge on any atom is 0.453 e. The highest BCUT2D eigenvalue weighted by Crippen LogP contribution is 2.28. The van der Waals surface area contributed by atoms with Crippen molar-refractivity contribution in [3.05, 3.63) is 47.0 Å². The maximum atomic E-state index is 13.0. The lowest BCUT2D eigenvalue weighted by atomic mass is 10.2. The van der Waals surface area contributed by atoms with Crippen LogP contribution in [-0.2, 0) is 12.7 Å². The quantitative estimate of drug-likeness (QED) is 0.633. The Morgan fingerprint density at radius 3 is 2.44 bits per heavy atom. The minimum absolute atomic E-state index is 0.0694. The Hall–Kier alpha value is -2.46. The number of hydrogen-bond acceptors (Lipinski definition) is 6. The maximum absolute atomic E-state index is 13.0. The van der Waals surface area contributed by atoms with Gasteiger partial charge in [0.15, 0.2) is 5.65 Å². The third kappa shape index (κ3) is 3.81. The molecular weight excluding hydrogens is 383 g/mol. The fourth-order valence-corrected chi connectivity index (χ4v) is 3.13. The summed E-state index contributed by atoms with van der Waals surface area (Å²) in [6, 6.07) is 6.85. The first-order valence-corrected chi connectivity index (χ1v) is 8.65. The Morgan fingerprint density at radius 1 is 1.00 bits per heavy atom. The number of pyridine rings is 1. The fraction of sp³-hybridized carbons (Fsp3) is 0.375. The Labute approximate surface area is 157 Å². The number of hydrogen-bond donors (Lipinski definition) is 0. The molecule has 3 aromatic rings. The van der Waals surface area contributed by atoms with E-state index in [0.717, 1.165) is 29.7 Å². The minimum atomic E-state index is -4.60. The van der Waals surface area contributed by atoms with Crippen LogP contribution in [-0.4, -0.2) is 55.9 Å². The second-order valence-electron chi connectivity index (χ2n) is 6.24. The Bertz CT molecular complexity index is 933. The average molecular weight is 398 g/mol. The van der Waals surface area contributed by atoms with Crippen LogP contribution >= 0.6 is 11.6 Å². The van der Waals surface area contributed by atoms with Crippen molar-refractivity contribution in [3.8, 4) is 0 Å². The minimum Gasteiger partial charge on any atom is -0.353 e. The third-order valence-electron chi connectivity index (χ3n) is 4.39. The first kappa shape index (κ1) is 17.9. The van der Waals surface area contributed by atoms with Crippen molar-refractivity contribution in [1.82, 2.24) is 29.7 Å². The predicted molar refractivity (Wildman–Crippen MR) is 92.5 cm³/mol. The third-order valence-corrected chi connectivity index (χ3v) is 4.62. The zero-order valence-corrected chi connectivity index (χ0v) is 14.8. The van der Waals surface area contributed by atoms with E-state index < -0.39 is 12.0 Å². The van der Waals surface area contributed by atoms with Gasteiger partial charge >= 0.3 is 6.18 Å². The molecule has 0 spiro atoms. The molecule has 0 atom stereocenters. The van der Waals surface area contributed by atoms with Crippen LogP contribution in [0.3, 0.4) is 0 Å². The van der Waals surface area contributed by atoms with Crippen molar-refractivity contribution < 1.29 is 13.2 Å². The van der Waals surface area contributed by atoms with Crippen molar-refractivity contribution in [1.29, 1.82) is 0 Å². The molecule has 4 rings (SSSR count). The zero-order valence-electron chi connectivity index (χ0n) is 14.1. The van der Waals surface area contributed by atoms with Crippen LogP contribution in [0.5, 0.6) is 0 Å². The number of fused-ring (bicyclic) bond motifs is 1. The fourth-order valence-electron chi connectivity index (χ4n) is 3.02. The predicted octanol–water partition coefficient (Wildman–Crippen LogP) is 2.51. The molecule has 0 amide bonds. The number of alkyl halides is 3. The first-order valence-electron chi connectivity index (χ1n) is 8.27. The summed E-state index contributed by atoms with van der Waals surface area (Å²) in [7, 11) is 0. The molecular formula is C16H15ClF3N7. The van der Waals surface area contributed by atoms with E-state index in [0.29, 0.717) is 24.1 Å². The summed E-state index contributed by atoms with van der Waals surface area (Å²) >= 11 is 5.79. The summed E-state index contributed by atoms with van der Waals surface area (Å²) in [5, 5.41) is 11.3. The summed E-state index contributed by atoms with van der Waals surface area (Å²) in [5.41, 5.74) is 1.13. The van der Waals surface area contributed by atoms with Crippen LogP contribution in [0.4, 0.5) is 19.0 Å². The van der Waals surface area contributed by atoms with Gasteiger partial charge in [0.25, 0.3) is 5.82 Å². The number of anilines is 1. The molecule has 3 aromatic heterocycles. The SMILES string of the molecule is FC(F)(F)c1nnc2ccc(N3CCN(Cc4ccc(Cl)nc4)CC3)nn12. The lowest BCUT2D eigenvalue weighted by molar-refractivity contribution is -0.146. The Kier molecular flexibility index (Phi) is 4.60. The Balaban J connectivity index is 1.45. The molecule has 0 bridgehead atoms. The molecule has 0 aliphatic carbocycles. The molecule has 0 saturated carbocycles. The molecule has 7 nitrogen and oxygen atoms in total. The van der Waals surface area contributed by atoms with Gasteiger partial charge in [0, 0.05) is 38.9 Å². The van der Waals surface area contributed by atoms with Gasteiger partial charge in [-0.1, -0.05) is 17.7 Å². The average Bonchev–Trinajstić information content (AvgIpc) is 3.08. The van der Waals surface area contributed by atoms with Gasteiger partial charge in [-0.25, -0.2) is 4.98 Å². The number of aromatic nitrogens is 5. The highest BCUT2D eigenvalue weighted by molar-refractivity contribution is 6.29. The van der Waals surface area contributed by atoms with Crippen molar-refractivity contribution >= 4 is 23.1 Å². The first-order chi connectivity index (χ1) is 12.9. The van der Waals surface area contributed by atoms with E-state index in [9.17, 15) is 13.2 Å². The molecule has 1 aliphatic heterocycles. The van der Waals surface area contributed by atoms with Gasteiger partial charge in [0.1, 0.15) is 11.0 Å². The van der Waals surface area contributed by atoms with Gasteiger partial charge < -0.3 is 4.90 Å². The molecule has 27 heavy (non-hydrogen) atoms. The van der Waals surface area contributed by atoms with Gasteiger partial charge in [-0.05, 0) is 23.8 Å². The Morgan fingerprint density at radius 2 is 1.78 bits per heavy atom. The van der Waals surface area contributed by atoms with Crippen LogP contribution in [0, 0.1) is 0 Å². The van der Waals surface area contributed by atoms with Gasteiger partial charge in [-0.3, -0.25) is 4.90 Å². The molecule has 0 radical (unpaired) electrons. The molecule has 1 fully saturated rings. The highest BCUT2D eigenvalue weighted by Gasteiger charge is 2.37. The lowest BCUT2D eigenvalue weighted by Crippen LogP contribution is -2.46. The van der Waals surface area contributed by atoms with Crippen LogP contribution in [0.15, 0.2) is 30.5 Å². The monoisotopic (exact) mass is 397 g/mol. The van der Waals surface area contributed by atoms with Gasteiger partial charge in [0.05, 0.1) is 0 Å². The number of rotatable bonds is 3. The summed E-state index contributed by atoms with van der Waals surface area (Å²) in [6.45, 7) is 3.58. The summed E-state index contributed by atoms with van der Waals surface area (Å²) in [6.07, 6.45) is -2.86. The van der Waals surface area contributed by atoms with Crippen LogP contribution in [0.25, 0.3) is 5.65 Å². The van der Waals surface area contributed by atoms with E-state index in [1.807, 2.05) is 11.0 Å². The summed E-state index contributed by atoms with van der Waals surface area (Å²) in [4.78, 5) is 8.28. The van der Waals surface area contributed by atoms with Crippen molar-refractivity contribution in [2.75, 3.05) is 31.1 Å². The van der Waals surface area contributed by atoms with Crippen molar-refractivity contribution in [2.45, 2.75) is 12.7 Å². The van der Waals surface area contributed by atoms with Crippen molar-refractivity contribution in [3.63, 3.8) is 0 Å². The second kappa shape index (κ2) is 6.93. The number of halogens is 4. The lowest BCUT2D eigenvalue weighted by Gasteiger charge is -2.35. The zero-order chi connectivity index (χ0) is 19.0. The smallest absolute Gasteiger partial charge is 0.353 e. The molecule has 0 N–H and O–H groups in total. The van der Waals surface area contributed by atoms with E-state index >= 15 is 0 Å². The van der Waals surface area contributed by atoms with E-state index in [-0.39, 0.29) is 5.65 Å². The van der Waals surface area contributed by atoms with Gasteiger partial charge in [-0.2, -0.15) is 17.7 Å². The molecule has 11 heteroatoms. The van der Waals surface area contributed by atoms with E-state index in [2.05, 4.69) is 25.2 Å². The van der Waals surface area contributed by atoms with Crippen molar-refractivity contribution in [2.24, 2.45) is 0 Å². The van der Waals surface area contributed by atoms with E-state index in [1.165, 1.54) is 6.07 Å². The topological polar surface area (TPSA) is 62.5 Å². The highest BCUT2D eigenvalue weighted by atomic mass is 35.5. The molecule has 142 valence electrons. The number of piperazine rings is 1. The molecule has 1 saturated heterocycles. The number of nitrogens with zero attached hydrogens (tertiary/aromatic N) is 7. The normalized spacial score (nSPS) is 16.2. The molecule has 0 unspecified atom stereocenters.